The van der Waals surface area contributed by atoms with Crippen LogP contribution in [0.4, 0.5) is 0 Å². The van der Waals surface area contributed by atoms with Crippen molar-refractivity contribution in [2.75, 3.05) is 6.54 Å². The lowest BCUT2D eigenvalue weighted by Crippen LogP contribution is -2.48. The van der Waals surface area contributed by atoms with Gasteiger partial charge in [-0.05, 0) is 19.3 Å². The summed E-state index contributed by atoms with van der Waals surface area (Å²) in [6.45, 7) is 0.379. The molecule has 0 aromatic carbocycles. The topological polar surface area (TPSA) is 90.5 Å². The summed E-state index contributed by atoms with van der Waals surface area (Å²) in [5.74, 6) is -1.53. The number of amides is 1. The molecule has 1 atom stereocenters. The van der Waals surface area contributed by atoms with Gasteiger partial charge >= 0.3 is 5.97 Å². The quantitative estimate of drug-likeness (QED) is 0.797. The minimum atomic E-state index is -1.02. The molecule has 1 amide bonds. The maximum absolute atomic E-state index is 12.2. The van der Waals surface area contributed by atoms with Crippen LogP contribution in [-0.2, 0) is 4.79 Å². The highest BCUT2D eigenvalue weighted by molar-refractivity contribution is 5.96. The molecular weight excluding hydrogens is 236 g/mol. The summed E-state index contributed by atoms with van der Waals surface area (Å²) in [6.07, 6.45) is 4.74. The predicted molar refractivity (Wildman–Crippen MR) is 63.4 cm³/mol. The van der Waals surface area contributed by atoms with Crippen LogP contribution in [0.25, 0.3) is 0 Å². The van der Waals surface area contributed by atoms with E-state index in [0.29, 0.717) is 13.0 Å². The van der Waals surface area contributed by atoms with Crippen LogP contribution < -0.4 is 5.43 Å². The van der Waals surface area contributed by atoms with Gasteiger partial charge < -0.3 is 15.0 Å². The summed E-state index contributed by atoms with van der Waals surface area (Å²) in [7, 11) is 0. The lowest BCUT2D eigenvalue weighted by atomic mass is 10.0. The van der Waals surface area contributed by atoms with E-state index in [1.165, 1.54) is 23.4 Å². The number of hydrogen-bond acceptors (Lipinski definition) is 3. The Kier molecular flexibility index (Phi) is 3.45. The number of piperidine rings is 1. The van der Waals surface area contributed by atoms with Crippen molar-refractivity contribution in [2.24, 2.45) is 0 Å². The standard InChI is InChI=1S/C12H14N2O4/c15-10-4-5-13-7-8(10)11(16)14-6-2-1-3-9(14)12(17)18/h4-5,7,9H,1-3,6H2,(H,13,15)(H,17,18)/t9-/m1/s1. The number of carboxylic acid groups (broad SMARTS) is 1. The third kappa shape index (κ3) is 2.27. The number of aliphatic carboxylic acids is 1. The minimum Gasteiger partial charge on any atom is -0.480 e. The molecule has 2 heterocycles. The number of carbonyl (C=O) groups excluding carboxylic acids is 1. The van der Waals surface area contributed by atoms with E-state index in [4.69, 9.17) is 5.11 Å². The van der Waals surface area contributed by atoms with Gasteiger partial charge in [-0.3, -0.25) is 9.59 Å². The van der Waals surface area contributed by atoms with Crippen LogP contribution in [-0.4, -0.2) is 39.5 Å². The Morgan fingerprint density at radius 2 is 2.17 bits per heavy atom. The molecule has 2 rings (SSSR count). The Balaban J connectivity index is 2.29. The fourth-order valence-corrected chi connectivity index (χ4v) is 2.17. The number of hydrogen-bond donors (Lipinski definition) is 2. The molecule has 0 saturated carbocycles. The molecule has 1 aliphatic heterocycles. The van der Waals surface area contributed by atoms with Crippen molar-refractivity contribution in [3.63, 3.8) is 0 Å². The normalized spacial score (nSPS) is 19.6. The number of nitrogens with zero attached hydrogens (tertiary/aromatic N) is 1. The summed E-state index contributed by atoms with van der Waals surface area (Å²) in [5, 5.41) is 9.09. The van der Waals surface area contributed by atoms with E-state index in [1.54, 1.807) is 0 Å². The summed E-state index contributed by atoms with van der Waals surface area (Å²) in [6, 6.07) is 0.429. The Labute approximate surface area is 103 Å². The molecule has 1 aliphatic rings. The predicted octanol–water partition coefficient (Wildman–Crippen LogP) is 0.454. The van der Waals surface area contributed by atoms with Crippen LogP contribution in [0.15, 0.2) is 23.3 Å². The Bertz CT molecular complexity index is 523. The third-order valence-corrected chi connectivity index (χ3v) is 3.10. The van der Waals surface area contributed by atoms with Gasteiger partial charge in [-0.2, -0.15) is 0 Å². The third-order valence-electron chi connectivity index (χ3n) is 3.10. The largest absolute Gasteiger partial charge is 0.480 e. The van der Waals surface area contributed by atoms with Gasteiger partial charge in [0.25, 0.3) is 5.91 Å². The highest BCUT2D eigenvalue weighted by Gasteiger charge is 2.33. The number of aromatic nitrogens is 1. The lowest BCUT2D eigenvalue weighted by Gasteiger charge is -2.32. The summed E-state index contributed by atoms with van der Waals surface area (Å²) >= 11 is 0. The van der Waals surface area contributed by atoms with Gasteiger partial charge in [0, 0.05) is 25.0 Å². The highest BCUT2D eigenvalue weighted by atomic mass is 16.4. The van der Waals surface area contributed by atoms with Crippen LogP contribution in [0, 0.1) is 0 Å². The Morgan fingerprint density at radius 1 is 1.39 bits per heavy atom. The second-order valence-electron chi connectivity index (χ2n) is 4.27. The molecule has 0 radical (unpaired) electrons. The van der Waals surface area contributed by atoms with Gasteiger partial charge in [0.05, 0.1) is 0 Å². The first-order chi connectivity index (χ1) is 8.61. The van der Waals surface area contributed by atoms with E-state index in [-0.39, 0.29) is 5.56 Å². The Morgan fingerprint density at radius 3 is 2.83 bits per heavy atom. The smallest absolute Gasteiger partial charge is 0.326 e. The van der Waals surface area contributed by atoms with Crippen molar-refractivity contribution >= 4 is 11.9 Å². The maximum atomic E-state index is 12.2. The fourth-order valence-electron chi connectivity index (χ4n) is 2.17. The zero-order chi connectivity index (χ0) is 13.1. The first-order valence-corrected chi connectivity index (χ1v) is 5.82. The second kappa shape index (κ2) is 5.03. The van der Waals surface area contributed by atoms with Crippen LogP contribution in [0.5, 0.6) is 0 Å². The van der Waals surface area contributed by atoms with Crippen LogP contribution in [0.3, 0.4) is 0 Å². The van der Waals surface area contributed by atoms with Gasteiger partial charge in [0.2, 0.25) is 0 Å². The number of carboxylic acids is 1. The molecule has 18 heavy (non-hydrogen) atoms. The number of pyridine rings is 1. The second-order valence-corrected chi connectivity index (χ2v) is 4.27. The number of H-pyrrole nitrogens is 1. The molecule has 1 aromatic rings. The zero-order valence-corrected chi connectivity index (χ0v) is 9.76. The van der Waals surface area contributed by atoms with Crippen molar-refractivity contribution in [1.82, 2.24) is 9.88 Å². The van der Waals surface area contributed by atoms with Crippen LogP contribution in [0.1, 0.15) is 29.6 Å². The van der Waals surface area contributed by atoms with E-state index in [2.05, 4.69) is 4.98 Å². The Hall–Kier alpha value is -2.11. The van der Waals surface area contributed by atoms with Gasteiger partial charge in [0.1, 0.15) is 11.6 Å². The summed E-state index contributed by atoms with van der Waals surface area (Å²) in [5.41, 5.74) is -0.404. The molecule has 1 fully saturated rings. The summed E-state index contributed by atoms with van der Waals surface area (Å²) in [4.78, 5) is 38.8. The van der Waals surface area contributed by atoms with Crippen molar-refractivity contribution in [3.8, 4) is 0 Å². The molecule has 96 valence electrons. The van der Waals surface area contributed by atoms with Crippen molar-refractivity contribution in [1.29, 1.82) is 0 Å². The van der Waals surface area contributed by atoms with Crippen LogP contribution >= 0.6 is 0 Å². The monoisotopic (exact) mass is 250 g/mol. The lowest BCUT2D eigenvalue weighted by molar-refractivity contribution is -0.143. The van der Waals surface area contributed by atoms with Crippen LogP contribution in [0.2, 0.25) is 0 Å². The van der Waals surface area contributed by atoms with E-state index in [1.807, 2.05) is 0 Å². The molecule has 2 N–H and O–H groups in total. The number of carbonyl (C=O) groups is 2. The number of rotatable bonds is 2. The van der Waals surface area contributed by atoms with E-state index >= 15 is 0 Å². The molecule has 0 bridgehead atoms. The van der Waals surface area contributed by atoms with Gasteiger partial charge in [-0.25, -0.2) is 4.79 Å². The van der Waals surface area contributed by atoms with Gasteiger partial charge in [0.15, 0.2) is 5.43 Å². The highest BCUT2D eigenvalue weighted by Crippen LogP contribution is 2.18. The zero-order valence-electron chi connectivity index (χ0n) is 9.76. The molecule has 6 heteroatoms. The molecule has 6 nitrogen and oxygen atoms in total. The molecule has 0 spiro atoms. The minimum absolute atomic E-state index is 0.00866. The molecular formula is C12H14N2O4. The molecule has 0 aliphatic carbocycles. The first-order valence-electron chi connectivity index (χ1n) is 5.82. The number of aromatic amines is 1. The average molecular weight is 250 g/mol. The van der Waals surface area contributed by atoms with Gasteiger partial charge in [-0.1, -0.05) is 0 Å². The number of likely N-dealkylation sites (tertiary alicyclic amines) is 1. The fraction of sp³-hybridized carbons (Fsp3) is 0.417. The van der Waals surface area contributed by atoms with E-state index < -0.39 is 23.3 Å². The maximum Gasteiger partial charge on any atom is 0.326 e. The van der Waals surface area contributed by atoms with E-state index in [0.717, 1.165) is 12.8 Å². The van der Waals surface area contributed by atoms with Crippen molar-refractivity contribution < 1.29 is 14.7 Å². The molecule has 1 aromatic heterocycles. The molecule has 1 saturated heterocycles. The number of nitrogens with one attached hydrogen (secondary N) is 1. The van der Waals surface area contributed by atoms with Gasteiger partial charge in [-0.15, -0.1) is 0 Å². The van der Waals surface area contributed by atoms with Crippen molar-refractivity contribution in [3.05, 3.63) is 34.2 Å². The van der Waals surface area contributed by atoms with E-state index in [9.17, 15) is 14.4 Å². The SMILES string of the molecule is O=C(O)[C@H]1CCCCN1C(=O)c1c[nH]ccc1=O. The van der Waals surface area contributed by atoms with Crippen molar-refractivity contribution in [2.45, 2.75) is 25.3 Å². The summed E-state index contributed by atoms with van der Waals surface area (Å²) < 4.78 is 0. The molecule has 0 unspecified atom stereocenters. The first kappa shape index (κ1) is 12.3. The average Bonchev–Trinajstić information content (AvgIpc) is 2.38.